The Balaban J connectivity index is 0.00000144. The van der Waals surface area contributed by atoms with Gasteiger partial charge in [0.15, 0.2) is 0 Å². The van der Waals surface area contributed by atoms with Gasteiger partial charge in [-0.2, -0.15) is 0 Å². The summed E-state index contributed by atoms with van der Waals surface area (Å²) in [5.41, 5.74) is 0.401. The van der Waals surface area contributed by atoms with E-state index in [-0.39, 0.29) is 12.4 Å². The summed E-state index contributed by atoms with van der Waals surface area (Å²) in [5, 5.41) is 3.39. The molecule has 4 nitrogen and oxygen atoms in total. The van der Waals surface area contributed by atoms with Gasteiger partial charge in [-0.1, -0.05) is 6.92 Å². The molecule has 1 N–H and O–H groups in total. The van der Waals surface area contributed by atoms with Gasteiger partial charge in [-0.05, 0) is 37.6 Å². The van der Waals surface area contributed by atoms with Crippen LogP contribution in [0.3, 0.4) is 0 Å². The second kappa shape index (κ2) is 5.87. The molecule has 0 aliphatic carbocycles. The predicted octanol–water partition coefficient (Wildman–Crippen LogP) is 1.22. The van der Waals surface area contributed by atoms with Crippen molar-refractivity contribution in [2.75, 3.05) is 31.9 Å². The van der Waals surface area contributed by atoms with Crippen LogP contribution in [0.15, 0.2) is 0 Å². The predicted molar refractivity (Wildman–Crippen MR) is 72.1 cm³/mol. The fourth-order valence-corrected chi connectivity index (χ4v) is 4.36. The molecular formula is C11H23ClN2O2S. The van der Waals surface area contributed by atoms with Crippen LogP contribution in [-0.2, 0) is 10.0 Å². The van der Waals surface area contributed by atoms with Crippen molar-refractivity contribution in [2.24, 2.45) is 5.41 Å². The van der Waals surface area contributed by atoms with Crippen LogP contribution < -0.4 is 5.32 Å². The van der Waals surface area contributed by atoms with E-state index in [0.29, 0.717) is 17.6 Å². The topological polar surface area (TPSA) is 49.4 Å². The second-order valence-corrected chi connectivity index (χ2v) is 7.23. The first-order chi connectivity index (χ1) is 7.58. The average Bonchev–Trinajstić information content (AvgIpc) is 2.67. The molecule has 0 aromatic heterocycles. The van der Waals surface area contributed by atoms with E-state index in [1.807, 2.05) is 6.92 Å². The monoisotopic (exact) mass is 282 g/mol. The molecule has 0 aromatic carbocycles. The van der Waals surface area contributed by atoms with Crippen molar-refractivity contribution >= 4 is 22.4 Å². The molecule has 0 unspecified atom stereocenters. The molecule has 2 aliphatic heterocycles. The van der Waals surface area contributed by atoms with Gasteiger partial charge in [0.1, 0.15) is 0 Å². The third-order valence-electron chi connectivity index (χ3n) is 3.97. The lowest BCUT2D eigenvalue weighted by molar-refractivity contribution is 0.175. The van der Waals surface area contributed by atoms with Crippen molar-refractivity contribution in [2.45, 2.75) is 32.6 Å². The van der Waals surface area contributed by atoms with Crippen molar-refractivity contribution in [1.29, 1.82) is 0 Å². The maximum absolute atomic E-state index is 11.9. The fraction of sp³-hybridized carbons (Fsp3) is 1.00. The highest BCUT2D eigenvalue weighted by Gasteiger charge is 2.39. The standard InChI is InChI=1S/C11H22N2O2S.ClH/c1-2-9-16(14,15)13-7-4-11(5-8-13)3-6-12-10-11;/h12H,2-10H2,1H3;1H. The summed E-state index contributed by atoms with van der Waals surface area (Å²) in [4.78, 5) is 0. The number of nitrogens with zero attached hydrogens (tertiary/aromatic N) is 1. The Hall–Kier alpha value is 0.160. The van der Waals surface area contributed by atoms with Crippen LogP contribution in [0.5, 0.6) is 0 Å². The second-order valence-electron chi connectivity index (χ2n) is 5.14. The van der Waals surface area contributed by atoms with Crippen molar-refractivity contribution in [1.82, 2.24) is 9.62 Å². The first-order valence-corrected chi connectivity index (χ1v) is 7.87. The van der Waals surface area contributed by atoms with E-state index in [2.05, 4.69) is 5.32 Å². The number of hydrogen-bond donors (Lipinski definition) is 1. The average molecular weight is 283 g/mol. The highest BCUT2D eigenvalue weighted by molar-refractivity contribution is 7.89. The van der Waals surface area contributed by atoms with Crippen LogP contribution in [0, 0.1) is 5.41 Å². The number of sulfonamides is 1. The van der Waals surface area contributed by atoms with Gasteiger partial charge in [0, 0.05) is 19.6 Å². The number of nitrogens with one attached hydrogen (secondary N) is 1. The molecule has 2 rings (SSSR count). The van der Waals surface area contributed by atoms with E-state index in [0.717, 1.165) is 39.0 Å². The van der Waals surface area contributed by atoms with Crippen LogP contribution in [-0.4, -0.2) is 44.7 Å². The molecule has 0 aromatic rings. The van der Waals surface area contributed by atoms with Gasteiger partial charge in [0.2, 0.25) is 10.0 Å². The van der Waals surface area contributed by atoms with Gasteiger partial charge < -0.3 is 5.32 Å². The minimum Gasteiger partial charge on any atom is -0.316 e. The molecular weight excluding hydrogens is 260 g/mol. The first kappa shape index (κ1) is 15.2. The van der Waals surface area contributed by atoms with E-state index in [1.54, 1.807) is 4.31 Å². The Bertz CT molecular complexity index is 329. The number of rotatable bonds is 3. The molecule has 2 saturated heterocycles. The fourth-order valence-electron chi connectivity index (χ4n) is 2.85. The molecule has 0 atom stereocenters. The van der Waals surface area contributed by atoms with Crippen molar-refractivity contribution < 1.29 is 8.42 Å². The molecule has 1 spiro atoms. The Morgan fingerprint density at radius 2 is 1.88 bits per heavy atom. The highest BCUT2D eigenvalue weighted by Crippen LogP contribution is 2.37. The molecule has 6 heteroatoms. The first-order valence-electron chi connectivity index (χ1n) is 6.27. The van der Waals surface area contributed by atoms with Crippen molar-refractivity contribution in [3.63, 3.8) is 0 Å². The van der Waals surface area contributed by atoms with E-state index < -0.39 is 10.0 Å². The van der Waals surface area contributed by atoms with E-state index in [1.165, 1.54) is 6.42 Å². The summed E-state index contributed by atoms with van der Waals surface area (Å²) in [5.74, 6) is 0.304. The van der Waals surface area contributed by atoms with Crippen LogP contribution in [0.25, 0.3) is 0 Å². The SMILES string of the molecule is CCCS(=O)(=O)N1CCC2(CCNC2)CC1.Cl. The van der Waals surface area contributed by atoms with Crippen LogP contribution in [0.4, 0.5) is 0 Å². The summed E-state index contributed by atoms with van der Waals surface area (Å²) >= 11 is 0. The van der Waals surface area contributed by atoms with Gasteiger partial charge in [0.25, 0.3) is 0 Å². The third kappa shape index (κ3) is 3.34. The molecule has 102 valence electrons. The maximum Gasteiger partial charge on any atom is 0.214 e. The van der Waals surface area contributed by atoms with Gasteiger partial charge in [-0.15, -0.1) is 12.4 Å². The summed E-state index contributed by atoms with van der Waals surface area (Å²) in [6.07, 6.45) is 3.99. The summed E-state index contributed by atoms with van der Waals surface area (Å²) in [6.45, 7) is 5.55. The summed E-state index contributed by atoms with van der Waals surface area (Å²) < 4.78 is 25.5. The third-order valence-corrected chi connectivity index (χ3v) is 6.05. The van der Waals surface area contributed by atoms with Crippen LogP contribution in [0.2, 0.25) is 0 Å². The Labute approximate surface area is 111 Å². The van der Waals surface area contributed by atoms with E-state index in [9.17, 15) is 8.42 Å². The molecule has 0 bridgehead atoms. The molecule has 0 saturated carbocycles. The summed E-state index contributed by atoms with van der Waals surface area (Å²) in [6, 6.07) is 0. The van der Waals surface area contributed by atoms with Gasteiger partial charge in [-0.3, -0.25) is 0 Å². The molecule has 0 amide bonds. The van der Waals surface area contributed by atoms with Gasteiger partial charge >= 0.3 is 0 Å². The van der Waals surface area contributed by atoms with Gasteiger partial charge in [0.05, 0.1) is 5.75 Å². The lowest BCUT2D eigenvalue weighted by atomic mass is 9.78. The normalized spacial score (nSPS) is 24.8. The van der Waals surface area contributed by atoms with Crippen LogP contribution in [0.1, 0.15) is 32.6 Å². The van der Waals surface area contributed by atoms with Gasteiger partial charge in [-0.25, -0.2) is 12.7 Å². The summed E-state index contributed by atoms with van der Waals surface area (Å²) in [7, 11) is -2.97. The molecule has 2 fully saturated rings. The zero-order valence-corrected chi connectivity index (χ0v) is 12.1. The molecule has 17 heavy (non-hydrogen) atoms. The van der Waals surface area contributed by atoms with E-state index in [4.69, 9.17) is 0 Å². The lowest BCUT2D eigenvalue weighted by Gasteiger charge is -2.38. The van der Waals surface area contributed by atoms with Crippen molar-refractivity contribution in [3.05, 3.63) is 0 Å². The lowest BCUT2D eigenvalue weighted by Crippen LogP contribution is -2.44. The number of piperidine rings is 1. The smallest absolute Gasteiger partial charge is 0.214 e. The minimum absolute atomic E-state index is 0. The minimum atomic E-state index is -2.97. The zero-order chi connectivity index (χ0) is 11.6. The molecule has 2 heterocycles. The van der Waals surface area contributed by atoms with Crippen LogP contribution >= 0.6 is 12.4 Å². The zero-order valence-electron chi connectivity index (χ0n) is 10.4. The number of hydrogen-bond acceptors (Lipinski definition) is 3. The highest BCUT2D eigenvalue weighted by atomic mass is 35.5. The molecule has 0 radical (unpaired) electrons. The Kier molecular flexibility index (Phi) is 5.25. The molecule has 2 aliphatic rings. The van der Waals surface area contributed by atoms with E-state index >= 15 is 0 Å². The Morgan fingerprint density at radius 3 is 2.35 bits per heavy atom. The van der Waals surface area contributed by atoms with Crippen molar-refractivity contribution in [3.8, 4) is 0 Å². The quantitative estimate of drug-likeness (QED) is 0.847. The maximum atomic E-state index is 11.9. The number of halogens is 1. The largest absolute Gasteiger partial charge is 0.316 e. The Morgan fingerprint density at radius 1 is 1.24 bits per heavy atom.